The number of carbonyl (C=O) groups excluding carboxylic acids is 2. The molecule has 170 valence electrons. The van der Waals surface area contributed by atoms with Crippen molar-refractivity contribution in [3.63, 3.8) is 0 Å². The molecule has 0 fully saturated rings. The molecule has 7 heteroatoms. The summed E-state index contributed by atoms with van der Waals surface area (Å²) in [5.74, 6) is 0.0197. The lowest BCUT2D eigenvalue weighted by Gasteiger charge is -2.38. The molecule has 1 aliphatic rings. The summed E-state index contributed by atoms with van der Waals surface area (Å²) in [6.07, 6.45) is 4.49. The van der Waals surface area contributed by atoms with Crippen molar-refractivity contribution in [1.29, 1.82) is 0 Å². The summed E-state index contributed by atoms with van der Waals surface area (Å²) in [5.41, 5.74) is 3.79. The van der Waals surface area contributed by atoms with Gasteiger partial charge in [-0.15, -0.1) is 0 Å². The Labute approximate surface area is 192 Å². The molecule has 2 amide bonds. The predicted octanol–water partition coefficient (Wildman–Crippen LogP) is 3.80. The first-order valence-electron chi connectivity index (χ1n) is 11.0. The Hall–Kier alpha value is -3.74. The molecule has 0 radical (unpaired) electrons. The Kier molecular flexibility index (Phi) is 6.98. The molecule has 1 unspecified atom stereocenters. The first-order valence-corrected chi connectivity index (χ1v) is 11.0. The lowest BCUT2D eigenvalue weighted by atomic mass is 9.87. The normalized spacial score (nSPS) is 15.0. The summed E-state index contributed by atoms with van der Waals surface area (Å²) in [6.45, 7) is 2.68. The number of pyridine rings is 1. The van der Waals surface area contributed by atoms with Gasteiger partial charge in [-0.05, 0) is 59.0 Å². The average Bonchev–Trinajstić information content (AvgIpc) is 2.86. The number of ether oxygens (including phenoxy) is 1. The fourth-order valence-electron chi connectivity index (χ4n) is 4.06. The van der Waals surface area contributed by atoms with Crippen LogP contribution in [0.25, 0.3) is 0 Å². The van der Waals surface area contributed by atoms with E-state index in [-0.39, 0.29) is 30.3 Å². The molecule has 1 atom stereocenters. The van der Waals surface area contributed by atoms with Gasteiger partial charge in [-0.25, -0.2) is 4.39 Å². The molecule has 0 saturated heterocycles. The Morgan fingerprint density at radius 1 is 1.18 bits per heavy atom. The third-order valence-electron chi connectivity index (χ3n) is 5.74. The van der Waals surface area contributed by atoms with Crippen LogP contribution in [-0.4, -0.2) is 34.8 Å². The van der Waals surface area contributed by atoms with Gasteiger partial charge >= 0.3 is 0 Å². The average molecular weight is 448 g/mol. The number of aromatic nitrogens is 1. The molecule has 0 bridgehead atoms. The highest BCUT2D eigenvalue weighted by atomic mass is 19.1. The number of hydrogen-bond donors (Lipinski definition) is 1. The van der Waals surface area contributed by atoms with Crippen LogP contribution in [0.15, 0.2) is 67.0 Å². The molecule has 1 N–H and O–H groups in total. The molecular weight excluding hydrogens is 421 g/mol. The quantitative estimate of drug-likeness (QED) is 0.598. The van der Waals surface area contributed by atoms with E-state index in [2.05, 4.69) is 10.3 Å². The topological polar surface area (TPSA) is 71.5 Å². The largest absolute Gasteiger partial charge is 0.484 e. The van der Waals surface area contributed by atoms with Crippen molar-refractivity contribution in [3.8, 4) is 5.75 Å². The summed E-state index contributed by atoms with van der Waals surface area (Å²) in [4.78, 5) is 30.8. The van der Waals surface area contributed by atoms with Gasteiger partial charge in [0, 0.05) is 31.9 Å². The number of nitrogens with one attached hydrogen (secondary N) is 1. The number of carbonyl (C=O) groups is 2. The molecule has 3 aromatic rings. The van der Waals surface area contributed by atoms with Crippen LogP contribution in [0.3, 0.4) is 0 Å². The van der Waals surface area contributed by atoms with Crippen molar-refractivity contribution < 1.29 is 18.7 Å². The Morgan fingerprint density at radius 2 is 2.00 bits per heavy atom. The first-order chi connectivity index (χ1) is 16.0. The lowest BCUT2D eigenvalue weighted by molar-refractivity contribution is -0.133. The number of nitrogens with zero attached hydrogens (tertiary/aromatic N) is 2. The highest BCUT2D eigenvalue weighted by Gasteiger charge is 2.31. The molecule has 1 aromatic heterocycles. The lowest BCUT2D eigenvalue weighted by Crippen LogP contribution is -2.40. The number of benzene rings is 2. The van der Waals surface area contributed by atoms with E-state index in [1.165, 1.54) is 12.1 Å². The fourth-order valence-corrected chi connectivity index (χ4v) is 4.06. The Morgan fingerprint density at radius 3 is 2.73 bits per heavy atom. The van der Waals surface area contributed by atoms with Gasteiger partial charge in [0.05, 0.1) is 6.04 Å². The van der Waals surface area contributed by atoms with E-state index in [0.717, 1.165) is 28.7 Å². The number of hydrogen-bond acceptors (Lipinski definition) is 4. The first kappa shape index (κ1) is 22.5. The van der Waals surface area contributed by atoms with E-state index in [1.54, 1.807) is 24.5 Å². The highest BCUT2D eigenvalue weighted by Crippen LogP contribution is 2.37. The molecule has 6 nitrogen and oxygen atoms in total. The Bertz CT molecular complexity index is 1120. The van der Waals surface area contributed by atoms with Crippen molar-refractivity contribution in [2.45, 2.75) is 32.4 Å². The molecule has 4 rings (SSSR count). The zero-order valence-corrected chi connectivity index (χ0v) is 18.5. The molecule has 0 aliphatic carbocycles. The zero-order chi connectivity index (χ0) is 23.2. The standard InChI is InChI=1S/C26H26FN3O3/c1-2-25(32)30-13-11-19-7-10-22(14-23(19)26(30)20-5-8-21(27)9-6-20)33-17-24(31)29-16-18-4-3-12-28-15-18/h3-10,12,14-15,26H,2,11,13,16-17H2,1H3,(H,29,31). The molecule has 2 aromatic carbocycles. The van der Waals surface area contributed by atoms with Gasteiger partial charge in [0.25, 0.3) is 5.91 Å². The highest BCUT2D eigenvalue weighted by molar-refractivity contribution is 5.78. The van der Waals surface area contributed by atoms with Crippen LogP contribution in [-0.2, 0) is 22.6 Å². The van der Waals surface area contributed by atoms with Crippen LogP contribution in [0, 0.1) is 5.82 Å². The smallest absolute Gasteiger partial charge is 0.258 e. The third-order valence-corrected chi connectivity index (χ3v) is 5.74. The van der Waals surface area contributed by atoms with Crippen LogP contribution < -0.4 is 10.1 Å². The van der Waals surface area contributed by atoms with E-state index < -0.39 is 0 Å². The second kappa shape index (κ2) is 10.3. The van der Waals surface area contributed by atoms with Crippen molar-refractivity contribution in [2.75, 3.05) is 13.2 Å². The second-order valence-electron chi connectivity index (χ2n) is 7.93. The SMILES string of the molecule is CCC(=O)N1CCc2ccc(OCC(=O)NCc3cccnc3)cc2C1c1ccc(F)cc1. The molecule has 33 heavy (non-hydrogen) atoms. The Balaban J connectivity index is 1.51. The number of halogens is 1. The van der Waals surface area contributed by atoms with Gasteiger partial charge in [-0.3, -0.25) is 14.6 Å². The van der Waals surface area contributed by atoms with Crippen molar-refractivity contribution in [2.24, 2.45) is 0 Å². The summed E-state index contributed by atoms with van der Waals surface area (Å²) in [5, 5.41) is 2.81. The van der Waals surface area contributed by atoms with E-state index >= 15 is 0 Å². The van der Waals surface area contributed by atoms with Gasteiger partial charge in [-0.1, -0.05) is 31.2 Å². The van der Waals surface area contributed by atoms with E-state index in [9.17, 15) is 14.0 Å². The van der Waals surface area contributed by atoms with Crippen molar-refractivity contribution in [3.05, 3.63) is 95.1 Å². The number of rotatable bonds is 7. The van der Waals surface area contributed by atoms with Crippen molar-refractivity contribution >= 4 is 11.8 Å². The summed E-state index contributed by atoms with van der Waals surface area (Å²) in [7, 11) is 0. The van der Waals surface area contributed by atoms with Gasteiger partial charge in [0.1, 0.15) is 11.6 Å². The molecule has 0 saturated carbocycles. The molecule has 2 heterocycles. The summed E-state index contributed by atoms with van der Waals surface area (Å²) < 4.78 is 19.3. The predicted molar refractivity (Wildman–Crippen MR) is 122 cm³/mol. The summed E-state index contributed by atoms with van der Waals surface area (Å²) in [6, 6.07) is 15.3. The van der Waals surface area contributed by atoms with Gasteiger partial charge in [-0.2, -0.15) is 0 Å². The minimum Gasteiger partial charge on any atom is -0.484 e. The maximum Gasteiger partial charge on any atom is 0.258 e. The van der Waals surface area contributed by atoms with E-state index in [0.29, 0.717) is 25.3 Å². The van der Waals surface area contributed by atoms with Crippen LogP contribution >= 0.6 is 0 Å². The van der Waals surface area contributed by atoms with Gasteiger partial charge < -0.3 is 15.0 Å². The summed E-state index contributed by atoms with van der Waals surface area (Å²) >= 11 is 0. The van der Waals surface area contributed by atoms with Crippen molar-refractivity contribution in [1.82, 2.24) is 15.2 Å². The monoisotopic (exact) mass is 447 g/mol. The van der Waals surface area contributed by atoms with Gasteiger partial charge in [0.2, 0.25) is 5.91 Å². The van der Waals surface area contributed by atoms with Crippen LogP contribution in [0.5, 0.6) is 5.75 Å². The van der Waals surface area contributed by atoms with Crippen LogP contribution in [0.1, 0.15) is 41.6 Å². The number of fused-ring (bicyclic) bond motifs is 1. The molecule has 1 aliphatic heterocycles. The minimum absolute atomic E-state index is 0.0380. The van der Waals surface area contributed by atoms with Crippen LogP contribution in [0.2, 0.25) is 0 Å². The third kappa shape index (κ3) is 5.37. The van der Waals surface area contributed by atoms with Crippen LogP contribution in [0.4, 0.5) is 4.39 Å². The van der Waals surface area contributed by atoms with Gasteiger partial charge in [0.15, 0.2) is 6.61 Å². The molecular formula is C26H26FN3O3. The second-order valence-corrected chi connectivity index (χ2v) is 7.93. The fraction of sp³-hybridized carbons (Fsp3) is 0.269. The van der Waals surface area contributed by atoms with E-state index in [1.807, 2.05) is 42.2 Å². The van der Waals surface area contributed by atoms with E-state index in [4.69, 9.17) is 4.74 Å². The molecule has 0 spiro atoms. The zero-order valence-electron chi connectivity index (χ0n) is 18.5. The number of amides is 2. The minimum atomic E-state index is -0.329. The maximum atomic E-state index is 13.5. The maximum absolute atomic E-state index is 13.5.